The summed E-state index contributed by atoms with van der Waals surface area (Å²) in [6.07, 6.45) is 2.32. The van der Waals surface area contributed by atoms with Gasteiger partial charge in [0.2, 0.25) is 0 Å². The third-order valence-electron chi connectivity index (χ3n) is 2.66. The van der Waals surface area contributed by atoms with Crippen LogP contribution in [-0.4, -0.2) is 22.2 Å². The van der Waals surface area contributed by atoms with Gasteiger partial charge in [0.05, 0.1) is 0 Å². The van der Waals surface area contributed by atoms with Crippen molar-refractivity contribution in [3.63, 3.8) is 0 Å². The minimum absolute atomic E-state index is 0.160. The van der Waals surface area contributed by atoms with Crippen LogP contribution in [0.25, 0.3) is 0 Å². The largest absolute Gasteiger partial charge is 0.508 e. The van der Waals surface area contributed by atoms with Gasteiger partial charge in [-0.1, -0.05) is 6.07 Å². The number of carbonyl (C=O) groups is 1. The van der Waals surface area contributed by atoms with Gasteiger partial charge < -0.3 is 15.5 Å². The Morgan fingerprint density at radius 2 is 2.27 bits per heavy atom. The van der Waals surface area contributed by atoms with Crippen molar-refractivity contribution in [1.82, 2.24) is 0 Å². The molecule has 1 aromatic carbocycles. The quantitative estimate of drug-likeness (QED) is 0.654. The van der Waals surface area contributed by atoms with E-state index in [1.807, 2.05) is 6.07 Å². The van der Waals surface area contributed by atoms with Gasteiger partial charge in [0.1, 0.15) is 11.8 Å². The molecule has 1 unspecified atom stereocenters. The lowest BCUT2D eigenvalue weighted by Gasteiger charge is -2.13. The molecule has 15 heavy (non-hydrogen) atoms. The maximum Gasteiger partial charge on any atom is 0.326 e. The fourth-order valence-corrected chi connectivity index (χ4v) is 1.86. The van der Waals surface area contributed by atoms with Gasteiger partial charge in [0.15, 0.2) is 0 Å². The topological polar surface area (TPSA) is 69.6 Å². The molecule has 4 heteroatoms. The number of phenolic OH excluding ortho intramolecular Hbond substituents is 1. The van der Waals surface area contributed by atoms with E-state index in [9.17, 15) is 9.90 Å². The number of rotatable bonds is 1. The lowest BCUT2D eigenvalue weighted by molar-refractivity contribution is -0.138. The number of aryl methyl sites for hydroxylation is 1. The van der Waals surface area contributed by atoms with E-state index in [-0.39, 0.29) is 5.75 Å². The average Bonchev–Trinajstić information content (AvgIpc) is 2.39. The van der Waals surface area contributed by atoms with Crippen LogP contribution < -0.4 is 5.32 Å². The van der Waals surface area contributed by atoms with E-state index in [1.165, 1.54) is 0 Å². The van der Waals surface area contributed by atoms with Crippen LogP contribution in [0.4, 0.5) is 5.69 Å². The second kappa shape index (κ2) is 3.81. The maximum atomic E-state index is 10.9. The SMILES string of the molecule is O=C(O)C1CCCc2ccc(O)cc2N1. The predicted molar refractivity (Wildman–Crippen MR) is 56.1 cm³/mol. The fraction of sp³-hybridized carbons (Fsp3) is 0.364. The van der Waals surface area contributed by atoms with E-state index in [0.717, 1.165) is 24.1 Å². The molecule has 3 N–H and O–H groups in total. The molecule has 0 spiro atoms. The van der Waals surface area contributed by atoms with Gasteiger partial charge in [-0.05, 0) is 30.9 Å². The van der Waals surface area contributed by atoms with Gasteiger partial charge >= 0.3 is 5.97 Å². The molecule has 4 nitrogen and oxygen atoms in total. The number of anilines is 1. The van der Waals surface area contributed by atoms with Gasteiger partial charge in [-0.2, -0.15) is 0 Å². The zero-order valence-electron chi connectivity index (χ0n) is 8.23. The summed E-state index contributed by atoms with van der Waals surface area (Å²) in [5, 5.41) is 21.2. The Morgan fingerprint density at radius 3 is 3.00 bits per heavy atom. The van der Waals surface area contributed by atoms with E-state index < -0.39 is 12.0 Å². The highest BCUT2D eigenvalue weighted by atomic mass is 16.4. The van der Waals surface area contributed by atoms with Gasteiger partial charge in [0.25, 0.3) is 0 Å². The molecular weight excluding hydrogens is 194 g/mol. The second-order valence-electron chi connectivity index (χ2n) is 3.77. The van der Waals surface area contributed by atoms with Crippen LogP contribution >= 0.6 is 0 Å². The Balaban J connectivity index is 2.31. The van der Waals surface area contributed by atoms with Crippen LogP contribution in [-0.2, 0) is 11.2 Å². The number of carboxylic acid groups (broad SMARTS) is 1. The normalized spacial score (nSPS) is 19.9. The minimum Gasteiger partial charge on any atom is -0.508 e. The van der Waals surface area contributed by atoms with E-state index in [4.69, 9.17) is 5.11 Å². The number of hydrogen-bond donors (Lipinski definition) is 3. The molecule has 1 aliphatic heterocycles. The Hall–Kier alpha value is -1.71. The predicted octanol–water partition coefficient (Wildman–Crippen LogP) is 1.59. The van der Waals surface area contributed by atoms with Gasteiger partial charge in [0, 0.05) is 11.8 Å². The molecule has 0 bridgehead atoms. The van der Waals surface area contributed by atoms with E-state index in [2.05, 4.69) is 5.32 Å². The first-order chi connectivity index (χ1) is 7.16. The van der Waals surface area contributed by atoms with Crippen molar-refractivity contribution in [3.8, 4) is 5.75 Å². The van der Waals surface area contributed by atoms with E-state index in [1.54, 1.807) is 12.1 Å². The lowest BCUT2D eigenvalue weighted by atomic mass is 10.1. The van der Waals surface area contributed by atoms with Crippen molar-refractivity contribution < 1.29 is 15.0 Å². The van der Waals surface area contributed by atoms with Gasteiger partial charge in [-0.25, -0.2) is 4.79 Å². The Labute approximate surface area is 87.6 Å². The summed E-state index contributed by atoms with van der Waals surface area (Å²) in [6, 6.07) is 4.49. The Morgan fingerprint density at radius 1 is 1.47 bits per heavy atom. The highest BCUT2D eigenvalue weighted by Gasteiger charge is 2.21. The molecule has 0 saturated carbocycles. The number of benzene rings is 1. The maximum absolute atomic E-state index is 10.9. The lowest BCUT2D eigenvalue weighted by Crippen LogP contribution is -2.28. The monoisotopic (exact) mass is 207 g/mol. The Kier molecular flexibility index (Phi) is 2.49. The van der Waals surface area contributed by atoms with E-state index in [0.29, 0.717) is 6.42 Å². The van der Waals surface area contributed by atoms with Crippen molar-refractivity contribution in [1.29, 1.82) is 0 Å². The number of phenols is 1. The fourth-order valence-electron chi connectivity index (χ4n) is 1.86. The van der Waals surface area contributed by atoms with Crippen molar-refractivity contribution in [2.75, 3.05) is 5.32 Å². The third-order valence-corrected chi connectivity index (χ3v) is 2.66. The molecular formula is C11H13NO3. The highest BCUT2D eigenvalue weighted by Crippen LogP contribution is 2.27. The van der Waals surface area contributed by atoms with Crippen molar-refractivity contribution in [2.24, 2.45) is 0 Å². The van der Waals surface area contributed by atoms with Crippen molar-refractivity contribution in [3.05, 3.63) is 23.8 Å². The molecule has 1 aliphatic rings. The molecule has 0 radical (unpaired) electrons. The first kappa shape index (κ1) is 9.83. The summed E-state index contributed by atoms with van der Waals surface area (Å²) in [7, 11) is 0. The van der Waals surface area contributed by atoms with Crippen LogP contribution in [0.3, 0.4) is 0 Å². The summed E-state index contributed by atoms with van der Waals surface area (Å²) < 4.78 is 0. The highest BCUT2D eigenvalue weighted by molar-refractivity contribution is 5.78. The van der Waals surface area contributed by atoms with Crippen LogP contribution in [0.15, 0.2) is 18.2 Å². The molecule has 0 aliphatic carbocycles. The standard InChI is InChI=1S/C11H13NO3/c13-8-5-4-7-2-1-3-9(11(14)15)12-10(7)6-8/h4-6,9,12-13H,1-3H2,(H,14,15). The van der Waals surface area contributed by atoms with Crippen molar-refractivity contribution in [2.45, 2.75) is 25.3 Å². The number of carboxylic acids is 1. The van der Waals surface area contributed by atoms with Crippen LogP contribution in [0.5, 0.6) is 5.75 Å². The number of nitrogens with one attached hydrogen (secondary N) is 1. The molecule has 1 heterocycles. The van der Waals surface area contributed by atoms with Crippen LogP contribution in [0.2, 0.25) is 0 Å². The van der Waals surface area contributed by atoms with E-state index >= 15 is 0 Å². The molecule has 0 aromatic heterocycles. The smallest absolute Gasteiger partial charge is 0.326 e. The molecule has 1 aromatic rings. The average molecular weight is 207 g/mol. The summed E-state index contributed by atoms with van der Waals surface area (Å²) in [5.74, 6) is -0.682. The molecule has 2 rings (SSSR count). The Bertz CT molecular complexity index is 389. The molecule has 1 atom stereocenters. The summed E-state index contributed by atoms with van der Waals surface area (Å²) in [5.41, 5.74) is 1.80. The van der Waals surface area contributed by atoms with Crippen LogP contribution in [0, 0.1) is 0 Å². The first-order valence-electron chi connectivity index (χ1n) is 4.98. The van der Waals surface area contributed by atoms with Crippen LogP contribution in [0.1, 0.15) is 18.4 Å². The van der Waals surface area contributed by atoms with Crippen molar-refractivity contribution >= 4 is 11.7 Å². The summed E-state index contributed by atoms with van der Waals surface area (Å²) in [6.45, 7) is 0. The molecule has 80 valence electrons. The number of hydrogen-bond acceptors (Lipinski definition) is 3. The molecule has 0 saturated heterocycles. The summed E-state index contributed by atoms with van der Waals surface area (Å²) >= 11 is 0. The summed E-state index contributed by atoms with van der Waals surface area (Å²) in [4.78, 5) is 10.9. The number of aliphatic carboxylic acids is 1. The molecule has 0 fully saturated rings. The first-order valence-corrected chi connectivity index (χ1v) is 4.98. The molecule has 0 amide bonds. The number of aromatic hydroxyl groups is 1. The number of fused-ring (bicyclic) bond motifs is 1. The minimum atomic E-state index is -0.841. The zero-order chi connectivity index (χ0) is 10.8. The van der Waals surface area contributed by atoms with Gasteiger partial charge in [-0.3, -0.25) is 0 Å². The van der Waals surface area contributed by atoms with Gasteiger partial charge in [-0.15, -0.1) is 0 Å². The third kappa shape index (κ3) is 2.03. The zero-order valence-corrected chi connectivity index (χ0v) is 8.23. The second-order valence-corrected chi connectivity index (χ2v) is 3.77.